The number of hydrogen-bond donors (Lipinski definition) is 1. The Balaban J connectivity index is 1.79. The molecule has 0 saturated heterocycles. The fourth-order valence-electron chi connectivity index (χ4n) is 3.27. The Labute approximate surface area is 117 Å². The minimum Gasteiger partial charge on any atom is -0.317 e. The van der Waals surface area contributed by atoms with E-state index in [-0.39, 0.29) is 0 Å². The fourth-order valence-corrected chi connectivity index (χ4v) is 3.27. The number of nitrogens with zero attached hydrogens (tertiary/aromatic N) is 3. The maximum Gasteiger partial charge on any atom is 0.146 e. The van der Waals surface area contributed by atoms with E-state index < -0.39 is 0 Å². The van der Waals surface area contributed by atoms with Crippen molar-refractivity contribution in [2.45, 2.75) is 72.0 Å². The van der Waals surface area contributed by atoms with E-state index in [0.717, 1.165) is 30.7 Å². The molecule has 1 aliphatic rings. The van der Waals surface area contributed by atoms with Crippen LogP contribution in [0.2, 0.25) is 0 Å². The van der Waals surface area contributed by atoms with Gasteiger partial charge in [-0.1, -0.05) is 26.7 Å². The van der Waals surface area contributed by atoms with Gasteiger partial charge in [0, 0.05) is 12.6 Å². The van der Waals surface area contributed by atoms with Crippen molar-refractivity contribution in [1.29, 1.82) is 0 Å². The third-order valence-corrected chi connectivity index (χ3v) is 4.17. The van der Waals surface area contributed by atoms with E-state index in [4.69, 9.17) is 0 Å². The fraction of sp³-hybridized carbons (Fsp3) is 0.867. The first-order valence-corrected chi connectivity index (χ1v) is 7.79. The van der Waals surface area contributed by atoms with Gasteiger partial charge in [0.05, 0.1) is 6.54 Å². The van der Waals surface area contributed by atoms with Crippen molar-refractivity contribution in [3.05, 3.63) is 12.2 Å². The monoisotopic (exact) mass is 264 g/mol. The molecule has 1 N–H and O–H groups in total. The quantitative estimate of drug-likeness (QED) is 0.859. The second kappa shape index (κ2) is 7.04. The Morgan fingerprint density at radius 2 is 2.26 bits per heavy atom. The smallest absolute Gasteiger partial charge is 0.146 e. The van der Waals surface area contributed by atoms with Crippen LogP contribution in [0.4, 0.5) is 0 Å². The van der Waals surface area contributed by atoms with Crippen molar-refractivity contribution in [3.8, 4) is 0 Å². The second-order valence-electron chi connectivity index (χ2n) is 6.27. The first-order valence-electron chi connectivity index (χ1n) is 7.79. The largest absolute Gasteiger partial charge is 0.317 e. The molecule has 1 aromatic heterocycles. The zero-order valence-electron chi connectivity index (χ0n) is 12.6. The molecule has 0 spiro atoms. The number of nitrogens with one attached hydrogen (secondary N) is 1. The summed E-state index contributed by atoms with van der Waals surface area (Å²) in [5.74, 6) is 2.80. The summed E-state index contributed by atoms with van der Waals surface area (Å²) < 4.78 is 2.11. The van der Waals surface area contributed by atoms with E-state index in [2.05, 4.69) is 40.9 Å². The Morgan fingerprint density at radius 1 is 1.42 bits per heavy atom. The highest BCUT2D eigenvalue weighted by molar-refractivity contribution is 4.87. The van der Waals surface area contributed by atoms with Crippen LogP contribution in [0, 0.1) is 11.8 Å². The molecule has 19 heavy (non-hydrogen) atoms. The second-order valence-corrected chi connectivity index (χ2v) is 6.27. The van der Waals surface area contributed by atoms with Crippen molar-refractivity contribution in [2.24, 2.45) is 11.8 Å². The summed E-state index contributed by atoms with van der Waals surface area (Å²) in [5, 5.41) is 11.9. The summed E-state index contributed by atoms with van der Waals surface area (Å²) in [4.78, 5) is 0. The molecule has 0 bridgehead atoms. The van der Waals surface area contributed by atoms with E-state index in [0.29, 0.717) is 6.04 Å². The molecule has 1 aliphatic carbocycles. The van der Waals surface area contributed by atoms with Crippen molar-refractivity contribution in [3.63, 3.8) is 0 Å². The third-order valence-electron chi connectivity index (χ3n) is 4.17. The first kappa shape index (κ1) is 14.5. The van der Waals surface area contributed by atoms with Gasteiger partial charge in [0.1, 0.15) is 12.2 Å². The summed E-state index contributed by atoms with van der Waals surface area (Å²) >= 11 is 0. The molecule has 2 unspecified atom stereocenters. The van der Waals surface area contributed by atoms with E-state index >= 15 is 0 Å². The van der Waals surface area contributed by atoms with E-state index in [1.807, 2.05) is 6.33 Å². The van der Waals surface area contributed by atoms with Crippen LogP contribution in [0.1, 0.15) is 58.7 Å². The Morgan fingerprint density at radius 3 is 3.00 bits per heavy atom. The minimum atomic E-state index is 0.666. The molecule has 0 aromatic carbocycles. The molecule has 0 amide bonds. The Bertz CT molecular complexity index is 372. The van der Waals surface area contributed by atoms with Gasteiger partial charge < -0.3 is 9.88 Å². The standard InChI is InChI=1S/C15H28N4/c1-4-19-11-17-18-15(19)10-16-14-7-5-6-13(9-14)8-12(2)3/h11-14,16H,4-10H2,1-3H3. The summed E-state index contributed by atoms with van der Waals surface area (Å²) in [7, 11) is 0. The average molecular weight is 264 g/mol. The molecule has 4 heteroatoms. The zero-order valence-corrected chi connectivity index (χ0v) is 12.6. The predicted octanol–water partition coefficient (Wildman–Crippen LogP) is 2.99. The number of rotatable bonds is 6. The van der Waals surface area contributed by atoms with Crippen LogP contribution in [-0.4, -0.2) is 20.8 Å². The van der Waals surface area contributed by atoms with Crippen LogP contribution < -0.4 is 5.32 Å². The lowest BCUT2D eigenvalue weighted by molar-refractivity contribution is 0.250. The first-order chi connectivity index (χ1) is 9.19. The summed E-state index contributed by atoms with van der Waals surface area (Å²) in [6, 6.07) is 0.666. The molecule has 1 aromatic rings. The van der Waals surface area contributed by atoms with Crippen LogP contribution in [0.5, 0.6) is 0 Å². The van der Waals surface area contributed by atoms with Gasteiger partial charge in [-0.15, -0.1) is 10.2 Å². The lowest BCUT2D eigenvalue weighted by Gasteiger charge is -2.30. The highest BCUT2D eigenvalue weighted by Gasteiger charge is 2.22. The molecule has 108 valence electrons. The number of aryl methyl sites for hydroxylation is 1. The van der Waals surface area contributed by atoms with Gasteiger partial charge in [-0.05, 0) is 38.0 Å². The normalized spacial score (nSPS) is 24.0. The molecular weight excluding hydrogens is 236 g/mol. The highest BCUT2D eigenvalue weighted by atomic mass is 15.3. The van der Waals surface area contributed by atoms with Crippen LogP contribution in [-0.2, 0) is 13.1 Å². The van der Waals surface area contributed by atoms with Gasteiger partial charge in [-0.3, -0.25) is 0 Å². The van der Waals surface area contributed by atoms with Crippen molar-refractivity contribution >= 4 is 0 Å². The molecule has 4 nitrogen and oxygen atoms in total. The van der Waals surface area contributed by atoms with Gasteiger partial charge in [0.2, 0.25) is 0 Å². The van der Waals surface area contributed by atoms with Crippen LogP contribution in [0.15, 0.2) is 6.33 Å². The Kier molecular flexibility index (Phi) is 5.37. The zero-order chi connectivity index (χ0) is 13.7. The van der Waals surface area contributed by atoms with Crippen molar-refractivity contribution in [2.75, 3.05) is 0 Å². The van der Waals surface area contributed by atoms with E-state index in [1.165, 1.54) is 32.1 Å². The number of hydrogen-bond acceptors (Lipinski definition) is 3. The maximum atomic E-state index is 4.19. The van der Waals surface area contributed by atoms with Gasteiger partial charge in [-0.25, -0.2) is 0 Å². The van der Waals surface area contributed by atoms with Crippen LogP contribution in [0.3, 0.4) is 0 Å². The molecular formula is C15H28N4. The lowest BCUT2D eigenvalue weighted by Crippen LogP contribution is -2.34. The minimum absolute atomic E-state index is 0.666. The van der Waals surface area contributed by atoms with Gasteiger partial charge in [0.25, 0.3) is 0 Å². The third kappa shape index (κ3) is 4.30. The maximum absolute atomic E-state index is 4.19. The van der Waals surface area contributed by atoms with Crippen molar-refractivity contribution < 1.29 is 0 Å². The summed E-state index contributed by atoms with van der Waals surface area (Å²) in [5.41, 5.74) is 0. The summed E-state index contributed by atoms with van der Waals surface area (Å²) in [6.45, 7) is 8.60. The SMILES string of the molecule is CCn1cnnc1CNC1CCCC(CC(C)C)C1. The lowest BCUT2D eigenvalue weighted by atomic mass is 9.81. The molecule has 2 atom stereocenters. The molecule has 0 aliphatic heterocycles. The van der Waals surface area contributed by atoms with Gasteiger partial charge in [-0.2, -0.15) is 0 Å². The predicted molar refractivity (Wildman–Crippen MR) is 77.7 cm³/mol. The molecule has 0 radical (unpaired) electrons. The van der Waals surface area contributed by atoms with Gasteiger partial charge in [0.15, 0.2) is 0 Å². The highest BCUT2D eigenvalue weighted by Crippen LogP contribution is 2.29. The van der Waals surface area contributed by atoms with Crippen LogP contribution in [0.25, 0.3) is 0 Å². The molecule has 1 fully saturated rings. The van der Waals surface area contributed by atoms with Crippen molar-refractivity contribution in [1.82, 2.24) is 20.1 Å². The van der Waals surface area contributed by atoms with Crippen LogP contribution >= 0.6 is 0 Å². The average Bonchev–Trinajstić information content (AvgIpc) is 2.83. The van der Waals surface area contributed by atoms with E-state index in [9.17, 15) is 0 Å². The van der Waals surface area contributed by atoms with Gasteiger partial charge >= 0.3 is 0 Å². The van der Waals surface area contributed by atoms with E-state index in [1.54, 1.807) is 0 Å². The topological polar surface area (TPSA) is 42.7 Å². The molecule has 1 saturated carbocycles. The molecule has 2 rings (SSSR count). The molecule has 1 heterocycles. The summed E-state index contributed by atoms with van der Waals surface area (Å²) in [6.07, 6.45) is 8.63. The Hall–Kier alpha value is -0.900. The number of aromatic nitrogens is 3.